The van der Waals surface area contributed by atoms with Crippen LogP contribution in [-0.4, -0.2) is 54.8 Å². The second kappa shape index (κ2) is 10.4. The summed E-state index contributed by atoms with van der Waals surface area (Å²) in [6.45, 7) is 9.19. The van der Waals surface area contributed by atoms with Crippen molar-refractivity contribution < 1.29 is 14.6 Å². The number of hydrogen-bond donors (Lipinski definition) is 3. The Labute approximate surface area is 148 Å². The number of nitrogen functional groups attached to an aromatic ring is 1. The Kier molecular flexibility index (Phi) is 8.89. The van der Waals surface area contributed by atoms with E-state index in [1.807, 2.05) is 6.92 Å². The van der Waals surface area contributed by atoms with Crippen molar-refractivity contribution in [1.82, 2.24) is 10.2 Å². The number of aliphatic hydroxyl groups excluding tert-OH is 1. The molecule has 4 N–H and O–H groups in total. The number of nitrogens with zero attached hydrogens (tertiary/aromatic N) is 1. The van der Waals surface area contributed by atoms with Crippen LogP contribution in [0.1, 0.15) is 37.6 Å². The molecule has 6 nitrogen and oxygen atoms in total. The van der Waals surface area contributed by atoms with E-state index >= 15 is 0 Å². The molecule has 0 saturated heterocycles. The van der Waals surface area contributed by atoms with Gasteiger partial charge in [-0.2, -0.15) is 0 Å². The van der Waals surface area contributed by atoms with E-state index in [0.717, 1.165) is 19.6 Å². The lowest BCUT2D eigenvalue weighted by atomic mass is 10.1. The third kappa shape index (κ3) is 6.19. The average molecular weight is 358 g/mol. The minimum Gasteiger partial charge on any atom is -0.490 e. The highest BCUT2D eigenvalue weighted by Gasteiger charge is 2.17. The van der Waals surface area contributed by atoms with E-state index in [9.17, 15) is 4.79 Å². The Morgan fingerprint density at radius 3 is 2.67 bits per heavy atom. The monoisotopic (exact) mass is 357 g/mol. The lowest BCUT2D eigenvalue weighted by Gasteiger charge is -2.20. The van der Waals surface area contributed by atoms with Gasteiger partial charge in [0.2, 0.25) is 0 Å². The molecule has 0 saturated carbocycles. The van der Waals surface area contributed by atoms with Crippen molar-refractivity contribution in [1.29, 1.82) is 0 Å². The van der Waals surface area contributed by atoms with Crippen LogP contribution in [-0.2, 0) is 0 Å². The van der Waals surface area contributed by atoms with E-state index in [-0.39, 0.29) is 18.6 Å². The van der Waals surface area contributed by atoms with E-state index < -0.39 is 0 Å². The third-order valence-corrected chi connectivity index (χ3v) is 4.14. The molecule has 1 aromatic rings. The fraction of sp³-hybridized carbons (Fsp3) is 0.588. The Morgan fingerprint density at radius 1 is 1.42 bits per heavy atom. The highest BCUT2D eigenvalue weighted by molar-refractivity contribution is 6.33. The average Bonchev–Trinajstić information content (AvgIpc) is 2.54. The van der Waals surface area contributed by atoms with Crippen LogP contribution in [0, 0.1) is 0 Å². The van der Waals surface area contributed by atoms with E-state index in [4.69, 9.17) is 27.2 Å². The summed E-state index contributed by atoms with van der Waals surface area (Å²) >= 11 is 6.05. The van der Waals surface area contributed by atoms with Crippen molar-refractivity contribution in [2.75, 3.05) is 38.5 Å². The molecular weight excluding hydrogens is 330 g/mol. The topological polar surface area (TPSA) is 87.8 Å². The van der Waals surface area contributed by atoms with Gasteiger partial charge < -0.3 is 25.8 Å². The van der Waals surface area contributed by atoms with Gasteiger partial charge in [0.15, 0.2) is 0 Å². The summed E-state index contributed by atoms with van der Waals surface area (Å²) < 4.78 is 5.74. The maximum atomic E-state index is 12.5. The SMILES string of the molecule is CCN(CC)CCNC(=O)c1cc(Cl)c(N)cc1OC(C)CCO. The fourth-order valence-electron chi connectivity index (χ4n) is 2.26. The molecule has 0 spiro atoms. The summed E-state index contributed by atoms with van der Waals surface area (Å²) in [5.74, 6) is 0.119. The van der Waals surface area contributed by atoms with Gasteiger partial charge >= 0.3 is 0 Å². The molecule has 1 amide bonds. The van der Waals surface area contributed by atoms with Crippen LogP contribution in [0.4, 0.5) is 5.69 Å². The van der Waals surface area contributed by atoms with E-state index in [2.05, 4.69) is 24.1 Å². The summed E-state index contributed by atoms with van der Waals surface area (Å²) in [4.78, 5) is 14.7. The molecule has 1 aromatic carbocycles. The second-order valence-corrected chi connectivity index (χ2v) is 6.00. The lowest BCUT2D eigenvalue weighted by Crippen LogP contribution is -2.35. The number of anilines is 1. The highest BCUT2D eigenvalue weighted by atomic mass is 35.5. The lowest BCUT2D eigenvalue weighted by molar-refractivity contribution is 0.0940. The number of amides is 1. The van der Waals surface area contributed by atoms with Gasteiger partial charge in [0.1, 0.15) is 5.75 Å². The molecule has 1 rings (SSSR count). The molecule has 0 heterocycles. The molecule has 0 fully saturated rings. The standard InChI is InChI=1S/C17H28ClN3O3/c1-4-21(5-2)8-7-20-17(23)13-10-14(18)15(19)11-16(13)24-12(3)6-9-22/h10-12,22H,4-9,19H2,1-3H3,(H,20,23). The first-order valence-electron chi connectivity index (χ1n) is 8.29. The van der Waals surface area contributed by atoms with Crippen LogP contribution in [0.3, 0.4) is 0 Å². The van der Waals surface area contributed by atoms with Gasteiger partial charge in [-0.3, -0.25) is 4.79 Å². The summed E-state index contributed by atoms with van der Waals surface area (Å²) in [6.07, 6.45) is 0.226. The van der Waals surface area contributed by atoms with Gasteiger partial charge in [-0.1, -0.05) is 25.4 Å². The molecule has 0 aliphatic heterocycles. The Bertz CT molecular complexity index is 536. The quantitative estimate of drug-likeness (QED) is 0.558. The predicted molar refractivity (Wildman–Crippen MR) is 97.8 cm³/mol. The van der Waals surface area contributed by atoms with E-state index in [1.165, 1.54) is 6.07 Å². The van der Waals surface area contributed by atoms with Crippen LogP contribution in [0.25, 0.3) is 0 Å². The zero-order valence-electron chi connectivity index (χ0n) is 14.6. The molecule has 0 bridgehead atoms. The van der Waals surface area contributed by atoms with Gasteiger partial charge in [0, 0.05) is 32.2 Å². The second-order valence-electron chi connectivity index (χ2n) is 5.59. The number of likely N-dealkylation sites (N-methyl/N-ethyl adjacent to an activating group) is 1. The van der Waals surface area contributed by atoms with Gasteiger partial charge in [0.25, 0.3) is 5.91 Å². The van der Waals surface area contributed by atoms with Crippen molar-refractivity contribution in [3.05, 3.63) is 22.7 Å². The molecule has 1 atom stereocenters. The maximum Gasteiger partial charge on any atom is 0.255 e. The molecular formula is C17H28ClN3O3. The number of nitrogens with two attached hydrogens (primary N) is 1. The minimum absolute atomic E-state index is 0.00956. The number of ether oxygens (including phenoxy) is 1. The minimum atomic E-state index is -0.254. The van der Waals surface area contributed by atoms with Crippen molar-refractivity contribution in [2.45, 2.75) is 33.3 Å². The van der Waals surface area contributed by atoms with Gasteiger partial charge in [-0.25, -0.2) is 0 Å². The number of carbonyl (C=O) groups is 1. The number of aliphatic hydroxyl groups is 1. The van der Waals surface area contributed by atoms with Crippen LogP contribution in [0.15, 0.2) is 12.1 Å². The van der Waals surface area contributed by atoms with Gasteiger partial charge in [-0.15, -0.1) is 0 Å². The van der Waals surface area contributed by atoms with Crippen molar-refractivity contribution >= 4 is 23.2 Å². The largest absolute Gasteiger partial charge is 0.490 e. The summed E-state index contributed by atoms with van der Waals surface area (Å²) in [5, 5.41) is 12.2. The molecule has 24 heavy (non-hydrogen) atoms. The number of rotatable bonds is 10. The zero-order chi connectivity index (χ0) is 18.1. The summed E-state index contributed by atoms with van der Waals surface area (Å²) in [5.41, 5.74) is 6.51. The molecule has 0 aromatic heterocycles. The van der Waals surface area contributed by atoms with Crippen LogP contribution < -0.4 is 15.8 Å². The van der Waals surface area contributed by atoms with E-state index in [1.54, 1.807) is 6.07 Å². The Hall–Kier alpha value is -1.50. The highest BCUT2D eigenvalue weighted by Crippen LogP contribution is 2.30. The van der Waals surface area contributed by atoms with Gasteiger partial charge in [0.05, 0.1) is 22.4 Å². The smallest absolute Gasteiger partial charge is 0.255 e. The molecule has 0 aliphatic carbocycles. The van der Waals surface area contributed by atoms with Crippen LogP contribution >= 0.6 is 11.6 Å². The molecule has 7 heteroatoms. The zero-order valence-corrected chi connectivity index (χ0v) is 15.4. The predicted octanol–water partition coefficient (Wildman–Crippen LogP) is 2.14. The van der Waals surface area contributed by atoms with Gasteiger partial charge in [-0.05, 0) is 26.1 Å². The summed E-state index contributed by atoms with van der Waals surface area (Å²) in [7, 11) is 0. The number of nitrogens with one attached hydrogen (secondary N) is 1. The number of benzene rings is 1. The third-order valence-electron chi connectivity index (χ3n) is 3.82. The number of hydrogen-bond acceptors (Lipinski definition) is 5. The fourth-order valence-corrected chi connectivity index (χ4v) is 2.43. The van der Waals surface area contributed by atoms with Crippen LogP contribution in [0.2, 0.25) is 5.02 Å². The first kappa shape index (κ1) is 20.5. The molecule has 0 radical (unpaired) electrons. The molecule has 0 aliphatic rings. The number of halogens is 1. The first-order chi connectivity index (χ1) is 11.4. The Morgan fingerprint density at radius 2 is 2.08 bits per heavy atom. The van der Waals surface area contributed by atoms with Crippen molar-refractivity contribution in [3.63, 3.8) is 0 Å². The Balaban J connectivity index is 2.83. The first-order valence-corrected chi connectivity index (χ1v) is 8.67. The van der Waals surface area contributed by atoms with E-state index in [0.29, 0.717) is 35.0 Å². The molecule has 136 valence electrons. The van der Waals surface area contributed by atoms with Crippen molar-refractivity contribution in [3.8, 4) is 5.75 Å². The molecule has 1 unspecified atom stereocenters. The van der Waals surface area contributed by atoms with Crippen molar-refractivity contribution in [2.24, 2.45) is 0 Å². The summed E-state index contributed by atoms with van der Waals surface area (Å²) in [6, 6.07) is 3.07. The normalized spacial score (nSPS) is 12.2. The number of carbonyl (C=O) groups excluding carboxylic acids is 1. The maximum absolute atomic E-state index is 12.5. The van der Waals surface area contributed by atoms with Crippen LogP contribution in [0.5, 0.6) is 5.75 Å².